The fourth-order valence-corrected chi connectivity index (χ4v) is 2.51. The number of carbonyl (C=O) groups excluding carboxylic acids is 2. The summed E-state index contributed by atoms with van der Waals surface area (Å²) >= 11 is 7.26. The van der Waals surface area contributed by atoms with E-state index in [9.17, 15) is 19.0 Å². The molecular formula is C11H22ClN2O5PS. The molecule has 0 radical (unpaired) electrons. The molecule has 0 bridgehead atoms. The van der Waals surface area contributed by atoms with Gasteiger partial charge in [0, 0.05) is 18.7 Å². The lowest BCUT2D eigenvalue weighted by atomic mass is 9.98. The van der Waals surface area contributed by atoms with Gasteiger partial charge in [-0.3, -0.25) is 9.59 Å². The maximum Gasteiger partial charge on any atom is 0.225 e. The number of nitrogens with one attached hydrogen (secondary N) is 1. The Morgan fingerprint density at radius 3 is 2.52 bits per heavy atom. The first-order valence-corrected chi connectivity index (χ1v) is 9.95. The number of quaternary nitrogens is 1. The Labute approximate surface area is 133 Å². The van der Waals surface area contributed by atoms with Gasteiger partial charge in [0.1, 0.15) is 6.04 Å². The number of hydrogen-bond donors (Lipinski definition) is 3. The van der Waals surface area contributed by atoms with Crippen LogP contribution < -0.4 is 15.9 Å². The van der Waals surface area contributed by atoms with E-state index in [-0.39, 0.29) is 18.1 Å². The van der Waals surface area contributed by atoms with Gasteiger partial charge in [-0.15, -0.1) is 11.6 Å². The second-order valence-electron chi connectivity index (χ2n) is 4.75. The number of halogens is 1. The predicted octanol–water partition coefficient (Wildman–Crippen LogP) is -0.828. The third kappa shape index (κ3) is 8.18. The van der Waals surface area contributed by atoms with Gasteiger partial charge in [0.05, 0.1) is 11.7 Å². The highest BCUT2D eigenvalue weighted by Gasteiger charge is 2.28. The molecule has 0 aromatic carbocycles. The van der Waals surface area contributed by atoms with Gasteiger partial charge >= 0.3 is 0 Å². The molecule has 0 rings (SSSR count). The maximum atomic E-state index is 11.9. The van der Waals surface area contributed by atoms with Crippen molar-refractivity contribution in [1.82, 2.24) is 5.32 Å². The van der Waals surface area contributed by atoms with Crippen LogP contribution in [0.5, 0.6) is 0 Å². The molecule has 0 aliphatic carbocycles. The van der Waals surface area contributed by atoms with Crippen LogP contribution >= 0.6 is 31.0 Å². The lowest BCUT2D eigenvalue weighted by molar-refractivity contribution is -0.403. The molecule has 0 aromatic heterocycles. The first-order valence-electron chi connectivity index (χ1n) is 6.38. The fraction of sp³-hybridized carbons (Fsp3) is 0.818. The van der Waals surface area contributed by atoms with Gasteiger partial charge in [-0.25, -0.2) is 0 Å². The molecule has 4 atom stereocenters. The molecule has 0 aliphatic heterocycles. The molecule has 0 aliphatic rings. The van der Waals surface area contributed by atoms with Crippen molar-refractivity contribution in [2.75, 3.05) is 17.9 Å². The summed E-state index contributed by atoms with van der Waals surface area (Å²) in [4.78, 5) is 43.5. The molecule has 0 spiro atoms. The lowest BCUT2D eigenvalue weighted by Crippen LogP contribution is -2.65. The Morgan fingerprint density at radius 2 is 2.10 bits per heavy atom. The lowest BCUT2D eigenvalue weighted by Gasteiger charge is -2.26. The summed E-state index contributed by atoms with van der Waals surface area (Å²) < 4.78 is 10.9. The minimum Gasteiger partial charge on any atom is -0.777 e. The number of rotatable bonds is 10. The van der Waals surface area contributed by atoms with E-state index in [0.29, 0.717) is 6.42 Å². The number of ketones is 1. The summed E-state index contributed by atoms with van der Waals surface area (Å²) in [6, 6.07) is -0.420. The van der Waals surface area contributed by atoms with Crippen molar-refractivity contribution in [1.29, 1.82) is 0 Å². The van der Waals surface area contributed by atoms with Crippen LogP contribution in [0.1, 0.15) is 19.8 Å². The molecule has 2 unspecified atom stereocenters. The van der Waals surface area contributed by atoms with Gasteiger partial charge in [-0.05, 0) is 18.9 Å². The smallest absolute Gasteiger partial charge is 0.225 e. The van der Waals surface area contributed by atoms with Crippen LogP contribution in [-0.4, -0.2) is 46.3 Å². The summed E-state index contributed by atoms with van der Waals surface area (Å²) in [5.74, 6) is -2.45. The van der Waals surface area contributed by atoms with Crippen LogP contribution in [0.3, 0.4) is 0 Å². The molecule has 1 amide bonds. The average Bonchev–Trinajstić information content (AvgIpc) is 2.40. The van der Waals surface area contributed by atoms with E-state index in [4.69, 9.17) is 16.5 Å². The Morgan fingerprint density at radius 1 is 1.52 bits per heavy atom. The molecule has 0 heterocycles. The van der Waals surface area contributed by atoms with E-state index in [1.54, 1.807) is 11.8 Å². The number of Topliss-reactive ketones (excluding diaryl/α,β-unsaturated/α-hetero) is 1. The molecule has 124 valence electrons. The highest BCUT2D eigenvalue weighted by Crippen LogP contribution is 2.34. The Bertz CT molecular complexity index is 406. The molecule has 10 heteroatoms. The highest BCUT2D eigenvalue weighted by atomic mass is 35.5. The summed E-state index contributed by atoms with van der Waals surface area (Å²) in [5, 5.41) is 2.13. The minimum absolute atomic E-state index is 0.0980. The van der Waals surface area contributed by atoms with Gasteiger partial charge in [0.2, 0.25) is 5.91 Å². The fourth-order valence-electron chi connectivity index (χ4n) is 1.45. The monoisotopic (exact) mass is 360 g/mol. The summed E-state index contributed by atoms with van der Waals surface area (Å²) in [5.41, 5.74) is 3.75. The molecule has 0 fully saturated rings. The molecule has 0 saturated heterocycles. The molecular weight excluding hydrogens is 339 g/mol. The topological polar surface area (TPSA) is 134 Å². The summed E-state index contributed by atoms with van der Waals surface area (Å²) in [6.07, 6.45) is 2.43. The standard InChI is InChI=1S/C11H22ClN2O5PS/c1-7(20(17,18)19)14-11(16)8(6-12)5-10(15)9(13)3-4-21-2/h7-9H,3-6,13H2,1-2H3,(H,14,16)(H2,17,18,19)/t7?,8-,9-/m0/s1. The second kappa shape index (κ2) is 9.82. The van der Waals surface area contributed by atoms with Gasteiger partial charge in [-0.2, -0.15) is 11.8 Å². The zero-order chi connectivity index (χ0) is 16.6. The predicted molar refractivity (Wildman–Crippen MR) is 80.9 cm³/mol. The maximum absolute atomic E-state index is 11.9. The first-order chi connectivity index (χ1) is 9.63. The van der Waals surface area contributed by atoms with Gasteiger partial charge in [-0.1, -0.05) is 0 Å². The Hall–Kier alpha value is -0.110. The first kappa shape index (κ1) is 20.9. The molecule has 0 aromatic rings. The van der Waals surface area contributed by atoms with Crippen molar-refractivity contribution in [2.24, 2.45) is 5.92 Å². The number of alkyl halides is 1. The quantitative estimate of drug-likeness (QED) is 0.344. The van der Waals surface area contributed by atoms with E-state index in [2.05, 4.69) is 11.1 Å². The van der Waals surface area contributed by atoms with Gasteiger partial charge in [0.15, 0.2) is 13.4 Å². The van der Waals surface area contributed by atoms with Crippen LogP contribution in [-0.2, 0) is 14.2 Å². The average molecular weight is 361 g/mol. The second-order valence-corrected chi connectivity index (χ2v) is 7.95. The van der Waals surface area contributed by atoms with Crippen LogP contribution in [0.15, 0.2) is 0 Å². The van der Waals surface area contributed by atoms with E-state index in [1.165, 1.54) is 0 Å². The van der Waals surface area contributed by atoms with Crippen LogP contribution in [0.25, 0.3) is 0 Å². The third-order valence-corrected chi connectivity index (χ3v) is 5.10. The zero-order valence-electron chi connectivity index (χ0n) is 12.1. The van der Waals surface area contributed by atoms with Crippen molar-refractivity contribution < 1.29 is 29.7 Å². The van der Waals surface area contributed by atoms with E-state index < -0.39 is 31.2 Å². The zero-order valence-corrected chi connectivity index (χ0v) is 14.5. The van der Waals surface area contributed by atoms with Crippen molar-refractivity contribution >= 4 is 42.6 Å². The molecule has 5 N–H and O–H groups in total. The number of carbonyl (C=O) groups is 2. The minimum atomic E-state index is -4.65. The Kier molecular flexibility index (Phi) is 9.76. The Balaban J connectivity index is 4.53. The largest absolute Gasteiger partial charge is 0.777 e. The molecule has 0 saturated carbocycles. The van der Waals surface area contributed by atoms with Crippen molar-refractivity contribution in [3.05, 3.63) is 0 Å². The van der Waals surface area contributed by atoms with E-state index in [1.807, 2.05) is 6.26 Å². The number of hydrogen-bond acceptors (Lipinski definition) is 5. The van der Waals surface area contributed by atoms with Gasteiger partial charge < -0.3 is 25.4 Å². The van der Waals surface area contributed by atoms with E-state index >= 15 is 0 Å². The normalized spacial score (nSPS) is 18.4. The highest BCUT2D eigenvalue weighted by molar-refractivity contribution is 7.98. The number of thioether (sulfide) groups is 1. The SMILES string of the molecule is CSCC[C@H]([NH3+])C(=O)C[C@@H](CCl)C(=O)NC(C)P(=O)([O-])O. The van der Waals surface area contributed by atoms with E-state index in [0.717, 1.165) is 12.7 Å². The van der Waals surface area contributed by atoms with Crippen LogP contribution in [0.4, 0.5) is 0 Å². The van der Waals surface area contributed by atoms with Gasteiger partial charge in [0.25, 0.3) is 0 Å². The van der Waals surface area contributed by atoms with Crippen molar-refractivity contribution in [3.63, 3.8) is 0 Å². The van der Waals surface area contributed by atoms with Crippen molar-refractivity contribution in [3.8, 4) is 0 Å². The molecule has 21 heavy (non-hydrogen) atoms. The molecule has 7 nitrogen and oxygen atoms in total. The summed E-state index contributed by atoms with van der Waals surface area (Å²) in [6.45, 7) is 1.14. The summed E-state index contributed by atoms with van der Waals surface area (Å²) in [7, 11) is -4.65. The van der Waals surface area contributed by atoms with Crippen LogP contribution in [0, 0.1) is 5.92 Å². The number of amides is 1. The third-order valence-electron chi connectivity index (χ3n) is 2.97. The van der Waals surface area contributed by atoms with Crippen LogP contribution in [0.2, 0.25) is 0 Å². The van der Waals surface area contributed by atoms with Crippen molar-refractivity contribution in [2.45, 2.75) is 31.6 Å².